The van der Waals surface area contributed by atoms with Gasteiger partial charge in [-0.05, 0) is 25.3 Å². The van der Waals surface area contributed by atoms with E-state index in [0.717, 1.165) is 17.4 Å². The van der Waals surface area contributed by atoms with Gasteiger partial charge in [0.1, 0.15) is 11.3 Å². The van der Waals surface area contributed by atoms with E-state index in [0.29, 0.717) is 12.8 Å². The molecule has 166 valence electrons. The lowest BCUT2D eigenvalue weighted by atomic mass is 10.00. The van der Waals surface area contributed by atoms with Crippen LogP contribution in [-0.4, -0.2) is 24.8 Å². The fourth-order valence-corrected chi connectivity index (χ4v) is 4.25. The van der Waals surface area contributed by atoms with Crippen molar-refractivity contribution in [3.05, 3.63) is 58.0 Å². The van der Waals surface area contributed by atoms with E-state index >= 15 is 0 Å². The third kappa shape index (κ3) is 3.11. The number of aromatic nitrogens is 5. The average Bonchev–Trinajstić information content (AvgIpc) is 3.47. The minimum atomic E-state index is -4.73. The van der Waals surface area contributed by atoms with E-state index in [4.69, 9.17) is 10.2 Å². The van der Waals surface area contributed by atoms with Gasteiger partial charge in [0.15, 0.2) is 5.65 Å². The lowest BCUT2D eigenvalue weighted by Crippen LogP contribution is -2.33. The maximum Gasteiger partial charge on any atom is 0.433 e. The fraction of sp³-hybridized carbons (Fsp3) is 0.333. The summed E-state index contributed by atoms with van der Waals surface area (Å²) in [7, 11) is 0. The molecule has 5 rings (SSSR count). The standard InChI is InChI=1S/C21H19F3N6O2/c1-11-13(17-27-28-19(32-17)20(25)9-5-6-10-20)18(31)30-16(26-11)14(12-7-3-2-4-8-12)15(29-30)21(22,23)24/h2-4,7-8,29H,5-6,9-10,25H2,1H3. The van der Waals surface area contributed by atoms with Gasteiger partial charge >= 0.3 is 6.18 Å². The molecule has 1 aliphatic rings. The lowest BCUT2D eigenvalue weighted by Gasteiger charge is -2.17. The number of hydrogen-bond acceptors (Lipinski definition) is 6. The van der Waals surface area contributed by atoms with E-state index in [-0.39, 0.29) is 39.8 Å². The summed E-state index contributed by atoms with van der Waals surface area (Å²) in [5.41, 5.74) is 3.79. The molecule has 3 N–H and O–H groups in total. The summed E-state index contributed by atoms with van der Waals surface area (Å²) in [6, 6.07) is 7.98. The van der Waals surface area contributed by atoms with E-state index in [1.165, 1.54) is 19.1 Å². The Kier molecular flexibility index (Phi) is 4.48. The number of H-pyrrole nitrogens is 1. The largest absolute Gasteiger partial charge is 0.433 e. The van der Waals surface area contributed by atoms with Crippen LogP contribution in [0.2, 0.25) is 0 Å². The summed E-state index contributed by atoms with van der Waals surface area (Å²) in [4.78, 5) is 17.6. The summed E-state index contributed by atoms with van der Waals surface area (Å²) in [6.45, 7) is 1.52. The van der Waals surface area contributed by atoms with Crippen LogP contribution in [0.5, 0.6) is 0 Å². The molecule has 1 saturated carbocycles. The highest BCUT2D eigenvalue weighted by Gasteiger charge is 2.39. The molecule has 8 nitrogen and oxygen atoms in total. The van der Waals surface area contributed by atoms with E-state index in [9.17, 15) is 18.0 Å². The van der Waals surface area contributed by atoms with Gasteiger partial charge in [-0.3, -0.25) is 9.89 Å². The maximum atomic E-state index is 13.8. The highest BCUT2D eigenvalue weighted by Crippen LogP contribution is 2.39. The summed E-state index contributed by atoms with van der Waals surface area (Å²) in [5, 5.41) is 10.1. The molecule has 1 aliphatic carbocycles. The molecule has 0 spiro atoms. The van der Waals surface area contributed by atoms with Crippen LogP contribution in [-0.2, 0) is 11.7 Å². The number of aryl methyl sites for hydroxylation is 1. The highest BCUT2D eigenvalue weighted by molar-refractivity contribution is 5.81. The van der Waals surface area contributed by atoms with E-state index in [2.05, 4.69) is 20.3 Å². The van der Waals surface area contributed by atoms with Gasteiger partial charge in [-0.25, -0.2) is 4.98 Å². The molecular formula is C21H19F3N6O2. The second-order valence-electron chi connectivity index (χ2n) is 8.04. The summed E-state index contributed by atoms with van der Waals surface area (Å²) in [5.74, 6) is 0.0897. The first kappa shape index (κ1) is 20.4. The van der Waals surface area contributed by atoms with Crippen LogP contribution in [0.15, 0.2) is 39.5 Å². The zero-order valence-corrected chi connectivity index (χ0v) is 17.0. The Morgan fingerprint density at radius 3 is 2.47 bits per heavy atom. The second-order valence-corrected chi connectivity index (χ2v) is 8.04. The topological polar surface area (TPSA) is 115 Å². The van der Waals surface area contributed by atoms with Crippen molar-refractivity contribution in [2.75, 3.05) is 0 Å². The van der Waals surface area contributed by atoms with Gasteiger partial charge in [-0.2, -0.15) is 17.7 Å². The van der Waals surface area contributed by atoms with Crippen molar-refractivity contribution in [3.8, 4) is 22.6 Å². The Morgan fingerprint density at radius 1 is 1.12 bits per heavy atom. The normalized spacial score (nSPS) is 16.2. The van der Waals surface area contributed by atoms with Gasteiger partial charge in [0.2, 0.25) is 5.89 Å². The Hall–Kier alpha value is -3.47. The van der Waals surface area contributed by atoms with Gasteiger partial charge in [-0.1, -0.05) is 43.2 Å². The first-order chi connectivity index (χ1) is 15.2. The Morgan fingerprint density at radius 2 is 1.81 bits per heavy atom. The summed E-state index contributed by atoms with van der Waals surface area (Å²) in [6.07, 6.45) is -1.53. The molecule has 0 amide bonds. The number of rotatable bonds is 3. The molecule has 0 saturated heterocycles. The van der Waals surface area contributed by atoms with Crippen molar-refractivity contribution in [1.82, 2.24) is 24.8 Å². The van der Waals surface area contributed by atoms with Gasteiger partial charge in [0.05, 0.1) is 16.8 Å². The van der Waals surface area contributed by atoms with Crippen molar-refractivity contribution in [1.29, 1.82) is 0 Å². The second kappa shape index (κ2) is 7.02. The zero-order chi connectivity index (χ0) is 22.7. The maximum absolute atomic E-state index is 13.8. The molecule has 3 aromatic heterocycles. The molecule has 0 bridgehead atoms. The van der Waals surface area contributed by atoms with Crippen molar-refractivity contribution in [3.63, 3.8) is 0 Å². The third-order valence-corrected chi connectivity index (χ3v) is 5.87. The molecular weight excluding hydrogens is 425 g/mol. The van der Waals surface area contributed by atoms with Crippen LogP contribution in [0.4, 0.5) is 13.2 Å². The molecule has 4 aromatic rings. The SMILES string of the molecule is Cc1nc2c(-c3ccccc3)c(C(F)(F)F)[nH]n2c(=O)c1-c1nnc(C2(N)CCCC2)o1. The van der Waals surface area contributed by atoms with Crippen LogP contribution in [0.25, 0.3) is 28.2 Å². The Bertz CT molecular complexity index is 1360. The smallest absolute Gasteiger partial charge is 0.418 e. The number of halogens is 3. The number of aromatic amines is 1. The van der Waals surface area contributed by atoms with E-state index < -0.39 is 23.0 Å². The van der Waals surface area contributed by atoms with Crippen LogP contribution in [0.1, 0.15) is 43.0 Å². The number of benzene rings is 1. The third-order valence-electron chi connectivity index (χ3n) is 5.87. The number of nitrogens with zero attached hydrogens (tertiary/aromatic N) is 4. The molecule has 3 heterocycles. The van der Waals surface area contributed by atoms with Crippen LogP contribution in [0, 0.1) is 6.92 Å². The van der Waals surface area contributed by atoms with Crippen molar-refractivity contribution in [2.45, 2.75) is 44.3 Å². The highest BCUT2D eigenvalue weighted by atomic mass is 19.4. The minimum absolute atomic E-state index is 0.0718. The number of fused-ring (bicyclic) bond motifs is 1. The number of alkyl halides is 3. The number of nitrogens with two attached hydrogens (primary N) is 1. The first-order valence-electron chi connectivity index (χ1n) is 10.1. The van der Waals surface area contributed by atoms with Gasteiger partial charge < -0.3 is 10.2 Å². The predicted octanol–water partition coefficient (Wildman–Crippen LogP) is 3.79. The summed E-state index contributed by atoms with van der Waals surface area (Å²) < 4.78 is 47.9. The molecule has 0 aliphatic heterocycles. The number of hydrogen-bond donors (Lipinski definition) is 2. The molecule has 0 atom stereocenters. The van der Waals surface area contributed by atoms with Crippen LogP contribution < -0.4 is 11.3 Å². The van der Waals surface area contributed by atoms with E-state index in [1.54, 1.807) is 18.2 Å². The Labute approximate surface area is 179 Å². The fourth-order valence-electron chi connectivity index (χ4n) is 4.25. The molecule has 32 heavy (non-hydrogen) atoms. The van der Waals surface area contributed by atoms with E-state index in [1.807, 2.05) is 0 Å². The minimum Gasteiger partial charge on any atom is -0.418 e. The molecule has 0 radical (unpaired) electrons. The van der Waals surface area contributed by atoms with Crippen molar-refractivity contribution in [2.24, 2.45) is 5.73 Å². The summed E-state index contributed by atoms with van der Waals surface area (Å²) >= 11 is 0. The van der Waals surface area contributed by atoms with Gasteiger partial charge in [0, 0.05) is 0 Å². The van der Waals surface area contributed by atoms with Gasteiger partial charge in [-0.15, -0.1) is 10.2 Å². The van der Waals surface area contributed by atoms with Crippen molar-refractivity contribution < 1.29 is 17.6 Å². The van der Waals surface area contributed by atoms with Crippen LogP contribution in [0.3, 0.4) is 0 Å². The molecule has 11 heteroatoms. The molecule has 1 aromatic carbocycles. The Balaban J connectivity index is 1.73. The monoisotopic (exact) mass is 444 g/mol. The first-order valence-corrected chi connectivity index (χ1v) is 10.1. The molecule has 0 unspecified atom stereocenters. The molecule has 1 fully saturated rings. The van der Waals surface area contributed by atoms with Crippen LogP contribution >= 0.6 is 0 Å². The van der Waals surface area contributed by atoms with Gasteiger partial charge in [0.25, 0.3) is 11.4 Å². The number of nitrogens with one attached hydrogen (secondary N) is 1. The average molecular weight is 444 g/mol. The lowest BCUT2D eigenvalue weighted by molar-refractivity contribution is -0.140. The quantitative estimate of drug-likeness (QED) is 0.497. The van der Waals surface area contributed by atoms with Crippen molar-refractivity contribution >= 4 is 5.65 Å². The zero-order valence-electron chi connectivity index (χ0n) is 17.0. The predicted molar refractivity (Wildman–Crippen MR) is 109 cm³/mol.